The molecule has 0 aliphatic carbocycles. The van der Waals surface area contributed by atoms with Crippen LogP contribution >= 0.6 is 0 Å². The molecule has 19 heavy (non-hydrogen) atoms. The zero-order chi connectivity index (χ0) is 13.1. The molecule has 2 aliphatic heterocycles. The molecule has 0 saturated carbocycles. The highest BCUT2D eigenvalue weighted by Crippen LogP contribution is 2.24. The third kappa shape index (κ3) is 3.06. The number of nitrogens with zero attached hydrogens (tertiary/aromatic N) is 4. The van der Waals surface area contributed by atoms with Crippen molar-refractivity contribution in [3.05, 3.63) is 18.0 Å². The molecule has 2 aliphatic rings. The number of anilines is 1. The second-order valence-electron chi connectivity index (χ2n) is 5.85. The lowest BCUT2D eigenvalue weighted by atomic mass is 10.1. The zero-order valence-corrected chi connectivity index (χ0v) is 11.9. The second kappa shape index (κ2) is 5.87. The molecule has 1 unspecified atom stereocenters. The van der Waals surface area contributed by atoms with Gasteiger partial charge >= 0.3 is 0 Å². The molecule has 1 aromatic rings. The maximum absolute atomic E-state index is 4.59. The zero-order valence-electron chi connectivity index (χ0n) is 11.9. The lowest BCUT2D eigenvalue weighted by Gasteiger charge is -2.33. The van der Waals surface area contributed by atoms with Crippen molar-refractivity contribution in [2.24, 2.45) is 0 Å². The van der Waals surface area contributed by atoms with Crippen LogP contribution in [0.25, 0.3) is 0 Å². The number of hydrogen-bond acceptors (Lipinski definition) is 4. The van der Waals surface area contributed by atoms with Crippen LogP contribution in [0.2, 0.25) is 0 Å². The first-order chi connectivity index (χ1) is 9.33. The van der Waals surface area contributed by atoms with E-state index in [1.54, 1.807) is 0 Å². The Labute approximate surface area is 115 Å². The Bertz CT molecular complexity index is 414. The standard InChI is InChI=1S/C15H24N4/c1-13-7-8-16-15(17-13)19-11-5-6-14(19)12-18-9-3-2-4-10-18/h7-8,14H,2-6,9-12H2,1H3. The van der Waals surface area contributed by atoms with Gasteiger partial charge in [0.1, 0.15) is 0 Å². The molecule has 3 rings (SSSR count). The van der Waals surface area contributed by atoms with Gasteiger partial charge in [-0.25, -0.2) is 9.97 Å². The lowest BCUT2D eigenvalue weighted by Crippen LogP contribution is -2.43. The van der Waals surface area contributed by atoms with Gasteiger partial charge in [0.2, 0.25) is 5.95 Å². The average Bonchev–Trinajstić information content (AvgIpc) is 2.88. The molecule has 0 aromatic carbocycles. The van der Waals surface area contributed by atoms with Crippen LogP contribution in [-0.4, -0.2) is 47.1 Å². The van der Waals surface area contributed by atoms with Gasteiger partial charge in [0.25, 0.3) is 0 Å². The highest BCUT2D eigenvalue weighted by atomic mass is 15.3. The number of piperidine rings is 1. The summed E-state index contributed by atoms with van der Waals surface area (Å²) in [4.78, 5) is 14.1. The summed E-state index contributed by atoms with van der Waals surface area (Å²) in [5, 5.41) is 0. The van der Waals surface area contributed by atoms with E-state index in [0.717, 1.165) is 18.2 Å². The van der Waals surface area contributed by atoms with E-state index >= 15 is 0 Å². The van der Waals surface area contributed by atoms with Crippen molar-refractivity contribution >= 4 is 5.95 Å². The van der Waals surface area contributed by atoms with Gasteiger partial charge < -0.3 is 9.80 Å². The largest absolute Gasteiger partial charge is 0.337 e. The number of hydrogen-bond donors (Lipinski definition) is 0. The van der Waals surface area contributed by atoms with Crippen LogP contribution in [-0.2, 0) is 0 Å². The van der Waals surface area contributed by atoms with E-state index in [9.17, 15) is 0 Å². The predicted octanol–water partition coefficient (Wildman–Crippen LogP) is 2.24. The summed E-state index contributed by atoms with van der Waals surface area (Å²) in [5.41, 5.74) is 1.06. The Morgan fingerprint density at radius 3 is 2.79 bits per heavy atom. The molecule has 3 heterocycles. The molecule has 0 N–H and O–H groups in total. The van der Waals surface area contributed by atoms with Crippen LogP contribution in [0.1, 0.15) is 37.8 Å². The molecule has 1 aromatic heterocycles. The quantitative estimate of drug-likeness (QED) is 0.834. The van der Waals surface area contributed by atoms with Crippen molar-refractivity contribution in [2.45, 2.75) is 45.1 Å². The monoisotopic (exact) mass is 260 g/mol. The smallest absolute Gasteiger partial charge is 0.225 e. The molecule has 2 fully saturated rings. The van der Waals surface area contributed by atoms with Crippen LogP contribution in [0.15, 0.2) is 12.3 Å². The molecule has 0 radical (unpaired) electrons. The Kier molecular flexibility index (Phi) is 3.97. The minimum Gasteiger partial charge on any atom is -0.337 e. The van der Waals surface area contributed by atoms with Crippen LogP contribution in [0.4, 0.5) is 5.95 Å². The molecule has 0 bridgehead atoms. The van der Waals surface area contributed by atoms with Crippen molar-refractivity contribution in [2.75, 3.05) is 31.1 Å². The maximum Gasteiger partial charge on any atom is 0.225 e. The SMILES string of the molecule is Cc1ccnc(N2CCCC2CN2CCCCC2)n1. The van der Waals surface area contributed by atoms with Crippen molar-refractivity contribution in [3.63, 3.8) is 0 Å². The Morgan fingerprint density at radius 2 is 2.00 bits per heavy atom. The molecular weight excluding hydrogens is 236 g/mol. The molecule has 104 valence electrons. The van der Waals surface area contributed by atoms with Gasteiger partial charge in [-0.15, -0.1) is 0 Å². The molecule has 0 amide bonds. The average molecular weight is 260 g/mol. The van der Waals surface area contributed by atoms with Gasteiger partial charge in [-0.05, 0) is 51.8 Å². The second-order valence-corrected chi connectivity index (χ2v) is 5.85. The van der Waals surface area contributed by atoms with Crippen molar-refractivity contribution in [3.8, 4) is 0 Å². The third-order valence-corrected chi connectivity index (χ3v) is 4.33. The van der Waals surface area contributed by atoms with E-state index in [2.05, 4.69) is 19.8 Å². The molecule has 2 saturated heterocycles. The van der Waals surface area contributed by atoms with Gasteiger partial charge in [-0.3, -0.25) is 0 Å². The minimum absolute atomic E-state index is 0.611. The van der Waals surface area contributed by atoms with Gasteiger partial charge in [-0.2, -0.15) is 0 Å². The summed E-state index contributed by atoms with van der Waals surface area (Å²) in [6.07, 6.45) is 8.59. The minimum atomic E-state index is 0.611. The van der Waals surface area contributed by atoms with E-state index in [-0.39, 0.29) is 0 Å². The summed E-state index contributed by atoms with van der Waals surface area (Å²) >= 11 is 0. The fourth-order valence-corrected chi connectivity index (χ4v) is 3.30. The van der Waals surface area contributed by atoms with E-state index in [1.165, 1.54) is 51.7 Å². The summed E-state index contributed by atoms with van der Waals surface area (Å²) in [5.74, 6) is 0.930. The van der Waals surface area contributed by atoms with Crippen molar-refractivity contribution < 1.29 is 0 Å². The fourth-order valence-electron chi connectivity index (χ4n) is 3.30. The highest BCUT2D eigenvalue weighted by molar-refractivity contribution is 5.33. The molecule has 1 atom stereocenters. The van der Waals surface area contributed by atoms with Gasteiger partial charge in [-0.1, -0.05) is 6.42 Å². The van der Waals surface area contributed by atoms with E-state index < -0.39 is 0 Å². The summed E-state index contributed by atoms with van der Waals surface area (Å²) in [6.45, 7) is 6.90. The van der Waals surface area contributed by atoms with Crippen molar-refractivity contribution in [1.82, 2.24) is 14.9 Å². The summed E-state index contributed by atoms with van der Waals surface area (Å²) in [7, 11) is 0. The normalized spacial score (nSPS) is 24.9. The van der Waals surface area contributed by atoms with Gasteiger partial charge in [0, 0.05) is 31.0 Å². The lowest BCUT2D eigenvalue weighted by molar-refractivity contribution is 0.216. The fraction of sp³-hybridized carbons (Fsp3) is 0.733. The van der Waals surface area contributed by atoms with Crippen LogP contribution in [0.3, 0.4) is 0 Å². The van der Waals surface area contributed by atoms with Gasteiger partial charge in [0.05, 0.1) is 0 Å². The number of likely N-dealkylation sites (tertiary alicyclic amines) is 1. The Morgan fingerprint density at radius 1 is 1.16 bits per heavy atom. The summed E-state index contributed by atoms with van der Waals surface area (Å²) < 4.78 is 0. The Hall–Kier alpha value is -1.16. The summed E-state index contributed by atoms with van der Waals surface area (Å²) in [6, 6.07) is 2.58. The topological polar surface area (TPSA) is 32.3 Å². The number of aryl methyl sites for hydroxylation is 1. The molecule has 4 heteroatoms. The first-order valence-electron chi connectivity index (χ1n) is 7.61. The Balaban J connectivity index is 1.67. The van der Waals surface area contributed by atoms with Crippen molar-refractivity contribution in [1.29, 1.82) is 0 Å². The van der Waals surface area contributed by atoms with Crippen LogP contribution in [0, 0.1) is 6.92 Å². The van der Waals surface area contributed by atoms with E-state index in [1.807, 2.05) is 19.2 Å². The number of aromatic nitrogens is 2. The number of rotatable bonds is 3. The first kappa shape index (κ1) is 12.9. The maximum atomic E-state index is 4.59. The molecular formula is C15H24N4. The van der Waals surface area contributed by atoms with Crippen LogP contribution in [0.5, 0.6) is 0 Å². The molecule has 4 nitrogen and oxygen atoms in total. The van der Waals surface area contributed by atoms with Gasteiger partial charge in [0.15, 0.2) is 0 Å². The van der Waals surface area contributed by atoms with E-state index in [4.69, 9.17) is 0 Å². The first-order valence-corrected chi connectivity index (χ1v) is 7.61. The molecule has 0 spiro atoms. The third-order valence-electron chi connectivity index (χ3n) is 4.33. The highest BCUT2D eigenvalue weighted by Gasteiger charge is 2.28. The predicted molar refractivity (Wildman–Crippen MR) is 77.4 cm³/mol. The van der Waals surface area contributed by atoms with Crippen LogP contribution < -0.4 is 4.90 Å². The van der Waals surface area contributed by atoms with E-state index in [0.29, 0.717) is 6.04 Å².